The zero-order chi connectivity index (χ0) is 18.0. The van der Waals surface area contributed by atoms with E-state index in [1.54, 1.807) is 0 Å². The number of unbranched alkanes of at least 4 members (excludes halogenated alkanes) is 1. The van der Waals surface area contributed by atoms with Gasteiger partial charge in [0.15, 0.2) is 0 Å². The number of ether oxygens (including phenoxy) is 2. The molecular weight excluding hydrogens is 302 g/mol. The molecule has 1 amide bonds. The molecule has 0 spiro atoms. The van der Waals surface area contributed by atoms with E-state index in [0.717, 1.165) is 43.5 Å². The Morgan fingerprint density at radius 2 is 1.83 bits per heavy atom. The molecule has 4 nitrogen and oxygen atoms in total. The first-order chi connectivity index (χ1) is 11.4. The highest BCUT2D eigenvalue weighted by Crippen LogP contribution is 2.23. The van der Waals surface area contributed by atoms with Crippen LogP contribution in [0.5, 0.6) is 5.75 Å². The van der Waals surface area contributed by atoms with Crippen LogP contribution < -0.4 is 10.1 Å². The minimum atomic E-state index is -0.780. The predicted octanol–water partition coefficient (Wildman–Crippen LogP) is 5.18. The van der Waals surface area contributed by atoms with Crippen molar-refractivity contribution in [2.75, 3.05) is 11.9 Å². The molecule has 1 rings (SSSR count). The van der Waals surface area contributed by atoms with Gasteiger partial charge in [0, 0.05) is 12.3 Å². The number of amides is 1. The van der Waals surface area contributed by atoms with E-state index >= 15 is 0 Å². The highest BCUT2D eigenvalue weighted by molar-refractivity contribution is 5.97. The zero-order valence-corrected chi connectivity index (χ0v) is 15.9. The van der Waals surface area contributed by atoms with Crippen LogP contribution in [0.15, 0.2) is 24.3 Å². The predicted molar refractivity (Wildman–Crippen MR) is 99.6 cm³/mol. The van der Waals surface area contributed by atoms with E-state index in [0.29, 0.717) is 6.61 Å². The number of carbonyl (C=O) groups is 1. The molecule has 0 bridgehead atoms. The highest BCUT2D eigenvalue weighted by atomic mass is 16.5. The largest absolute Gasteiger partial charge is 0.491 e. The molecule has 0 aliphatic carbocycles. The summed E-state index contributed by atoms with van der Waals surface area (Å²) >= 11 is 0. The normalized spacial score (nSPS) is 14.7. The molecule has 0 saturated heterocycles. The van der Waals surface area contributed by atoms with Crippen LogP contribution in [0, 0.1) is 0 Å². The van der Waals surface area contributed by atoms with Crippen LogP contribution in [0.4, 0.5) is 5.69 Å². The van der Waals surface area contributed by atoms with Crippen LogP contribution >= 0.6 is 0 Å². The third-order valence-electron chi connectivity index (χ3n) is 4.14. The second-order valence-corrected chi connectivity index (χ2v) is 6.50. The van der Waals surface area contributed by atoms with Gasteiger partial charge in [0.1, 0.15) is 11.4 Å². The second-order valence-electron chi connectivity index (χ2n) is 6.50. The van der Waals surface area contributed by atoms with Gasteiger partial charge in [0.2, 0.25) is 0 Å². The van der Waals surface area contributed by atoms with Gasteiger partial charge >= 0.3 is 0 Å². The summed E-state index contributed by atoms with van der Waals surface area (Å²) in [7, 11) is 0. The molecule has 0 aliphatic rings. The first-order valence-corrected chi connectivity index (χ1v) is 9.17. The third kappa shape index (κ3) is 6.52. The molecule has 0 unspecified atom stereocenters. The maximum absolute atomic E-state index is 12.7. The van der Waals surface area contributed by atoms with Crippen molar-refractivity contribution in [1.29, 1.82) is 0 Å². The highest BCUT2D eigenvalue weighted by Gasteiger charge is 2.33. The molecule has 0 aromatic heterocycles. The van der Waals surface area contributed by atoms with Crippen LogP contribution in [0.1, 0.15) is 66.7 Å². The molecule has 1 aromatic rings. The molecule has 2 atom stereocenters. The van der Waals surface area contributed by atoms with Crippen molar-refractivity contribution < 1.29 is 14.3 Å². The van der Waals surface area contributed by atoms with Gasteiger partial charge in [0.05, 0.1) is 6.10 Å². The molecule has 0 aliphatic heterocycles. The van der Waals surface area contributed by atoms with E-state index in [2.05, 4.69) is 19.2 Å². The van der Waals surface area contributed by atoms with Gasteiger partial charge in [-0.3, -0.25) is 4.79 Å². The summed E-state index contributed by atoms with van der Waals surface area (Å²) in [5, 5.41) is 2.98. The molecule has 1 aromatic carbocycles. The van der Waals surface area contributed by atoms with Crippen LogP contribution in [0.3, 0.4) is 0 Å². The Labute approximate surface area is 146 Å². The lowest BCUT2D eigenvalue weighted by Gasteiger charge is -2.28. The van der Waals surface area contributed by atoms with E-state index in [1.165, 1.54) is 0 Å². The number of hydrogen-bond acceptors (Lipinski definition) is 3. The van der Waals surface area contributed by atoms with Crippen LogP contribution in [0.2, 0.25) is 0 Å². The fraction of sp³-hybridized carbons (Fsp3) is 0.650. The van der Waals surface area contributed by atoms with Crippen molar-refractivity contribution >= 4 is 11.6 Å². The maximum Gasteiger partial charge on any atom is 0.256 e. The first-order valence-electron chi connectivity index (χ1n) is 9.17. The van der Waals surface area contributed by atoms with E-state index < -0.39 is 5.60 Å². The topological polar surface area (TPSA) is 47.6 Å². The Morgan fingerprint density at radius 1 is 1.17 bits per heavy atom. The molecule has 1 N–H and O–H groups in total. The van der Waals surface area contributed by atoms with Gasteiger partial charge < -0.3 is 14.8 Å². The van der Waals surface area contributed by atoms with Crippen molar-refractivity contribution in [3.63, 3.8) is 0 Å². The number of benzene rings is 1. The van der Waals surface area contributed by atoms with Gasteiger partial charge in [-0.05, 0) is 57.4 Å². The Morgan fingerprint density at radius 3 is 2.38 bits per heavy atom. The molecule has 0 heterocycles. The lowest BCUT2D eigenvalue weighted by Crippen LogP contribution is -2.43. The Kier molecular flexibility index (Phi) is 8.83. The molecular formula is C20H33NO3. The van der Waals surface area contributed by atoms with Gasteiger partial charge in [-0.25, -0.2) is 0 Å². The Balaban J connectivity index is 2.71. The van der Waals surface area contributed by atoms with Gasteiger partial charge in [-0.15, -0.1) is 0 Å². The van der Waals surface area contributed by atoms with E-state index in [1.807, 2.05) is 45.0 Å². The van der Waals surface area contributed by atoms with E-state index in [-0.39, 0.29) is 12.0 Å². The van der Waals surface area contributed by atoms with Crippen molar-refractivity contribution in [2.45, 2.75) is 78.4 Å². The number of nitrogens with one attached hydrogen (secondary N) is 1. The monoisotopic (exact) mass is 335 g/mol. The molecule has 24 heavy (non-hydrogen) atoms. The average Bonchev–Trinajstić information content (AvgIpc) is 2.59. The average molecular weight is 335 g/mol. The number of rotatable bonds is 11. The standard InChI is InChI=1S/C20H33NO3/c1-6-9-14-20(5,23-15-7-2)19(22)21-17-10-12-18(13-11-17)24-16(4)8-3/h10-13,16H,6-9,14-15H2,1-5H3,(H,21,22)/t16-,20+/m0/s1. The van der Waals surface area contributed by atoms with E-state index in [4.69, 9.17) is 9.47 Å². The summed E-state index contributed by atoms with van der Waals surface area (Å²) in [6.07, 6.45) is 4.78. The summed E-state index contributed by atoms with van der Waals surface area (Å²) < 4.78 is 11.6. The van der Waals surface area contributed by atoms with Gasteiger partial charge in [-0.1, -0.05) is 33.6 Å². The van der Waals surface area contributed by atoms with Crippen molar-refractivity contribution in [1.82, 2.24) is 0 Å². The van der Waals surface area contributed by atoms with Crippen molar-refractivity contribution in [3.8, 4) is 5.75 Å². The van der Waals surface area contributed by atoms with E-state index in [9.17, 15) is 4.79 Å². The summed E-state index contributed by atoms with van der Waals surface area (Å²) in [6, 6.07) is 7.52. The minimum absolute atomic E-state index is 0.0833. The Bertz CT molecular complexity index is 476. The first kappa shape index (κ1) is 20.5. The number of hydrogen-bond donors (Lipinski definition) is 1. The number of anilines is 1. The quantitative estimate of drug-likeness (QED) is 0.606. The summed E-state index contributed by atoms with van der Waals surface area (Å²) in [5.74, 6) is 0.735. The summed E-state index contributed by atoms with van der Waals surface area (Å²) in [5.41, 5.74) is -0.0166. The molecule has 4 heteroatoms. The van der Waals surface area contributed by atoms with Crippen LogP contribution in [0.25, 0.3) is 0 Å². The summed E-state index contributed by atoms with van der Waals surface area (Å²) in [4.78, 5) is 12.7. The molecule has 136 valence electrons. The smallest absolute Gasteiger partial charge is 0.256 e. The van der Waals surface area contributed by atoms with Crippen LogP contribution in [-0.4, -0.2) is 24.2 Å². The van der Waals surface area contributed by atoms with Crippen molar-refractivity contribution in [2.24, 2.45) is 0 Å². The fourth-order valence-corrected chi connectivity index (χ4v) is 2.29. The maximum atomic E-state index is 12.7. The summed E-state index contributed by atoms with van der Waals surface area (Å²) in [6.45, 7) is 10.8. The Hall–Kier alpha value is -1.55. The molecule has 0 radical (unpaired) electrons. The lowest BCUT2D eigenvalue weighted by atomic mass is 9.97. The fourth-order valence-electron chi connectivity index (χ4n) is 2.29. The van der Waals surface area contributed by atoms with Crippen LogP contribution in [-0.2, 0) is 9.53 Å². The zero-order valence-electron chi connectivity index (χ0n) is 15.9. The van der Waals surface area contributed by atoms with Crippen molar-refractivity contribution in [3.05, 3.63) is 24.3 Å². The minimum Gasteiger partial charge on any atom is -0.491 e. The molecule has 0 saturated carbocycles. The van der Waals surface area contributed by atoms with Gasteiger partial charge in [0.25, 0.3) is 5.91 Å². The number of carbonyl (C=O) groups excluding carboxylic acids is 1. The second kappa shape index (κ2) is 10.3. The SMILES string of the molecule is CCCC[C@@](C)(OCCC)C(=O)Nc1ccc(O[C@@H](C)CC)cc1. The van der Waals surface area contributed by atoms with Gasteiger partial charge in [-0.2, -0.15) is 0 Å². The molecule has 0 fully saturated rings. The lowest BCUT2D eigenvalue weighted by molar-refractivity contribution is -0.140. The third-order valence-corrected chi connectivity index (χ3v) is 4.14.